The van der Waals surface area contributed by atoms with E-state index in [4.69, 9.17) is 4.52 Å². The number of nitrogens with zero attached hydrogens (tertiary/aromatic N) is 6. The van der Waals surface area contributed by atoms with Crippen LogP contribution in [0.2, 0.25) is 0 Å². The van der Waals surface area contributed by atoms with Gasteiger partial charge < -0.3 is 14.3 Å². The maximum absolute atomic E-state index is 12.9. The molecule has 2 aromatic rings. The normalized spacial score (nSPS) is 24.6. The molecule has 4 rings (SSSR count). The summed E-state index contributed by atoms with van der Waals surface area (Å²) < 4.78 is 6.91. The first-order valence-electron chi connectivity index (χ1n) is 7.91. The van der Waals surface area contributed by atoms with E-state index in [0.717, 1.165) is 18.5 Å². The standard InChI is InChI=1S/C15H20N6O2/c1-19(2)12-7-20(8-13(12)21-6-5-16-18-21)15(22)11-9-23-17-14(11)10-3-4-10/h5-6,9-10,12-13H,3-4,7-8H2,1-2H3/t12-,13+/m1/s1. The van der Waals surface area contributed by atoms with Crippen LogP contribution in [-0.2, 0) is 0 Å². The number of carbonyl (C=O) groups is 1. The first kappa shape index (κ1) is 14.4. The highest BCUT2D eigenvalue weighted by molar-refractivity contribution is 5.95. The lowest BCUT2D eigenvalue weighted by molar-refractivity contribution is 0.0779. The third kappa shape index (κ3) is 2.52. The Balaban J connectivity index is 1.57. The lowest BCUT2D eigenvalue weighted by atomic mass is 10.1. The zero-order chi connectivity index (χ0) is 16.0. The minimum Gasteiger partial charge on any atom is -0.364 e. The van der Waals surface area contributed by atoms with Gasteiger partial charge in [-0.1, -0.05) is 10.4 Å². The molecule has 8 heteroatoms. The zero-order valence-electron chi connectivity index (χ0n) is 13.3. The molecule has 0 unspecified atom stereocenters. The molecule has 8 nitrogen and oxygen atoms in total. The van der Waals surface area contributed by atoms with E-state index < -0.39 is 0 Å². The Morgan fingerprint density at radius 1 is 1.35 bits per heavy atom. The van der Waals surface area contributed by atoms with Gasteiger partial charge in [0.05, 0.1) is 24.0 Å². The number of aromatic nitrogens is 4. The molecule has 1 aliphatic heterocycles. The minimum atomic E-state index is 0.00242. The Morgan fingerprint density at radius 3 is 2.83 bits per heavy atom. The van der Waals surface area contributed by atoms with Gasteiger partial charge in [0.15, 0.2) is 0 Å². The van der Waals surface area contributed by atoms with Crippen molar-refractivity contribution in [3.05, 3.63) is 29.9 Å². The van der Waals surface area contributed by atoms with Gasteiger partial charge in [0.2, 0.25) is 0 Å². The molecule has 2 aliphatic rings. The molecule has 0 radical (unpaired) electrons. The summed E-state index contributed by atoms with van der Waals surface area (Å²) in [5.74, 6) is 0.397. The van der Waals surface area contributed by atoms with E-state index in [-0.39, 0.29) is 18.0 Å². The molecule has 1 amide bonds. The van der Waals surface area contributed by atoms with Crippen LogP contribution in [0.25, 0.3) is 0 Å². The number of rotatable bonds is 4. The van der Waals surface area contributed by atoms with Crippen LogP contribution in [0, 0.1) is 0 Å². The highest BCUT2D eigenvalue weighted by Crippen LogP contribution is 2.41. The van der Waals surface area contributed by atoms with E-state index in [0.29, 0.717) is 24.6 Å². The molecule has 2 fully saturated rings. The fraction of sp³-hybridized carbons (Fsp3) is 0.600. The molecule has 122 valence electrons. The minimum absolute atomic E-state index is 0.00242. The van der Waals surface area contributed by atoms with Gasteiger partial charge >= 0.3 is 0 Å². The quantitative estimate of drug-likeness (QED) is 0.829. The number of hydrogen-bond acceptors (Lipinski definition) is 6. The molecule has 1 saturated heterocycles. The zero-order valence-corrected chi connectivity index (χ0v) is 13.3. The van der Waals surface area contributed by atoms with Crippen molar-refractivity contribution in [2.75, 3.05) is 27.2 Å². The Bertz CT molecular complexity index is 691. The van der Waals surface area contributed by atoms with Gasteiger partial charge in [0.25, 0.3) is 5.91 Å². The van der Waals surface area contributed by atoms with Crippen molar-refractivity contribution in [2.45, 2.75) is 30.8 Å². The molecule has 0 bridgehead atoms. The summed E-state index contributed by atoms with van der Waals surface area (Å²) in [5, 5.41) is 12.0. The van der Waals surface area contributed by atoms with E-state index >= 15 is 0 Å². The molecule has 0 aromatic carbocycles. The monoisotopic (exact) mass is 316 g/mol. The van der Waals surface area contributed by atoms with Crippen molar-refractivity contribution in [3.8, 4) is 0 Å². The van der Waals surface area contributed by atoms with Gasteiger partial charge in [-0.3, -0.25) is 4.79 Å². The molecule has 23 heavy (non-hydrogen) atoms. The number of amides is 1. The summed E-state index contributed by atoms with van der Waals surface area (Å²) in [6.45, 7) is 1.27. The van der Waals surface area contributed by atoms with E-state index in [9.17, 15) is 4.79 Å². The smallest absolute Gasteiger partial charge is 0.259 e. The molecule has 1 saturated carbocycles. The van der Waals surface area contributed by atoms with Crippen molar-refractivity contribution in [2.24, 2.45) is 0 Å². The second-order valence-corrected chi connectivity index (χ2v) is 6.58. The van der Waals surface area contributed by atoms with Gasteiger partial charge in [-0.25, -0.2) is 4.68 Å². The molecule has 3 heterocycles. The molecule has 2 atom stereocenters. The van der Waals surface area contributed by atoms with Crippen LogP contribution in [-0.4, -0.2) is 69.1 Å². The first-order chi connectivity index (χ1) is 11.1. The van der Waals surface area contributed by atoms with Crippen LogP contribution < -0.4 is 0 Å². The van der Waals surface area contributed by atoms with Crippen LogP contribution in [0.3, 0.4) is 0 Å². The largest absolute Gasteiger partial charge is 0.364 e. The maximum Gasteiger partial charge on any atom is 0.259 e. The highest BCUT2D eigenvalue weighted by Gasteiger charge is 2.40. The Hall–Kier alpha value is -2.22. The van der Waals surface area contributed by atoms with Crippen molar-refractivity contribution in [1.29, 1.82) is 0 Å². The summed E-state index contributed by atoms with van der Waals surface area (Å²) >= 11 is 0. The molecule has 2 aromatic heterocycles. The number of likely N-dealkylation sites (tertiary alicyclic amines) is 1. The van der Waals surface area contributed by atoms with Gasteiger partial charge in [-0.05, 0) is 26.9 Å². The van der Waals surface area contributed by atoms with Gasteiger partial charge in [0.1, 0.15) is 11.8 Å². The van der Waals surface area contributed by atoms with Crippen LogP contribution in [0.5, 0.6) is 0 Å². The fourth-order valence-corrected chi connectivity index (χ4v) is 3.32. The van der Waals surface area contributed by atoms with Crippen LogP contribution in [0.15, 0.2) is 23.2 Å². The van der Waals surface area contributed by atoms with E-state index in [1.165, 1.54) is 6.26 Å². The van der Waals surface area contributed by atoms with Crippen molar-refractivity contribution in [1.82, 2.24) is 30.0 Å². The average Bonchev–Trinajstić information content (AvgIpc) is 3.03. The Kier molecular flexibility index (Phi) is 3.41. The number of carbonyl (C=O) groups excluding carboxylic acids is 1. The topological polar surface area (TPSA) is 80.3 Å². The van der Waals surface area contributed by atoms with E-state index in [1.807, 2.05) is 29.9 Å². The Labute approximate surface area is 134 Å². The maximum atomic E-state index is 12.9. The molecular weight excluding hydrogens is 296 g/mol. The average molecular weight is 316 g/mol. The number of hydrogen-bond donors (Lipinski definition) is 0. The predicted octanol–water partition coefficient (Wildman–Crippen LogP) is 0.771. The van der Waals surface area contributed by atoms with Gasteiger partial charge in [-0.2, -0.15) is 0 Å². The van der Waals surface area contributed by atoms with Crippen LogP contribution >= 0.6 is 0 Å². The lowest BCUT2D eigenvalue weighted by Gasteiger charge is -2.24. The Morgan fingerprint density at radius 2 is 2.17 bits per heavy atom. The summed E-state index contributed by atoms with van der Waals surface area (Å²) in [7, 11) is 4.05. The van der Waals surface area contributed by atoms with Crippen LogP contribution in [0.1, 0.15) is 40.9 Å². The third-order valence-electron chi connectivity index (χ3n) is 4.78. The predicted molar refractivity (Wildman–Crippen MR) is 80.9 cm³/mol. The molecular formula is C15H20N6O2. The fourth-order valence-electron chi connectivity index (χ4n) is 3.32. The van der Waals surface area contributed by atoms with Gasteiger partial charge in [-0.15, -0.1) is 5.10 Å². The summed E-state index contributed by atoms with van der Waals surface area (Å²) in [4.78, 5) is 16.9. The third-order valence-corrected chi connectivity index (χ3v) is 4.78. The van der Waals surface area contributed by atoms with Crippen molar-refractivity contribution < 1.29 is 9.32 Å². The second kappa shape index (κ2) is 5.45. The second-order valence-electron chi connectivity index (χ2n) is 6.58. The summed E-state index contributed by atoms with van der Waals surface area (Å²) in [5.41, 5.74) is 1.44. The van der Waals surface area contributed by atoms with E-state index in [1.54, 1.807) is 6.20 Å². The van der Waals surface area contributed by atoms with Crippen molar-refractivity contribution >= 4 is 5.91 Å². The SMILES string of the molecule is CN(C)[C@@H]1CN(C(=O)c2conc2C2CC2)C[C@@H]1n1ccnn1. The molecule has 1 aliphatic carbocycles. The lowest BCUT2D eigenvalue weighted by Crippen LogP contribution is -2.37. The van der Waals surface area contributed by atoms with E-state index in [2.05, 4.69) is 20.4 Å². The first-order valence-corrected chi connectivity index (χ1v) is 7.91. The molecule has 0 spiro atoms. The number of likely N-dealkylation sites (N-methyl/N-ethyl adjacent to an activating group) is 1. The molecule has 0 N–H and O–H groups in total. The van der Waals surface area contributed by atoms with Gasteiger partial charge in [0, 0.05) is 25.2 Å². The van der Waals surface area contributed by atoms with Crippen molar-refractivity contribution in [3.63, 3.8) is 0 Å². The summed E-state index contributed by atoms with van der Waals surface area (Å²) in [6, 6.07) is 0.297. The highest BCUT2D eigenvalue weighted by atomic mass is 16.5. The van der Waals surface area contributed by atoms with Crippen LogP contribution in [0.4, 0.5) is 0 Å². The summed E-state index contributed by atoms with van der Waals surface area (Å²) in [6.07, 6.45) is 7.19.